The Morgan fingerprint density at radius 3 is 2.67 bits per heavy atom. The van der Waals surface area contributed by atoms with Gasteiger partial charge in [-0.25, -0.2) is 9.59 Å². The summed E-state index contributed by atoms with van der Waals surface area (Å²) in [7, 11) is 0. The number of alkyl halides is 3. The molecule has 1 heterocycles. The standard InChI is InChI=1S/C23H19F3O4/c1-11-9-18(29-22(28)14-5-4-6-15(10-14)23(24,25)26)13(3)19-16(11)7-8-17-12(2)21(27)30-20(17)19/h4-6,9-10,17,20H,2,7-8H2,1,3H3. The lowest BCUT2D eigenvalue weighted by Crippen LogP contribution is -2.21. The first-order valence-electron chi connectivity index (χ1n) is 9.50. The number of rotatable bonds is 2. The molecule has 1 saturated heterocycles. The van der Waals surface area contributed by atoms with Crippen LogP contribution < -0.4 is 4.74 Å². The van der Waals surface area contributed by atoms with Crippen LogP contribution in [0.25, 0.3) is 0 Å². The number of ether oxygens (including phenoxy) is 2. The quantitative estimate of drug-likeness (QED) is 0.381. The van der Waals surface area contributed by atoms with Gasteiger partial charge in [-0.2, -0.15) is 13.2 Å². The Bertz CT molecular complexity index is 1080. The summed E-state index contributed by atoms with van der Waals surface area (Å²) in [5.74, 6) is -1.20. The molecule has 4 rings (SSSR count). The Morgan fingerprint density at radius 1 is 1.23 bits per heavy atom. The molecule has 2 aliphatic rings. The molecule has 0 amide bonds. The molecule has 0 radical (unpaired) electrons. The van der Waals surface area contributed by atoms with E-state index in [0.717, 1.165) is 41.7 Å². The molecule has 2 atom stereocenters. The van der Waals surface area contributed by atoms with Crippen molar-refractivity contribution in [3.05, 3.63) is 75.9 Å². The summed E-state index contributed by atoms with van der Waals surface area (Å²) in [5, 5.41) is 0. The molecule has 0 saturated carbocycles. The van der Waals surface area contributed by atoms with Crippen molar-refractivity contribution in [2.75, 3.05) is 0 Å². The Hall–Kier alpha value is -3.09. The Morgan fingerprint density at radius 2 is 1.97 bits per heavy atom. The maximum absolute atomic E-state index is 13.0. The minimum atomic E-state index is -4.56. The van der Waals surface area contributed by atoms with Gasteiger partial charge in [0.15, 0.2) is 0 Å². The number of hydrogen-bond acceptors (Lipinski definition) is 4. The number of hydrogen-bond donors (Lipinski definition) is 0. The predicted octanol–water partition coefficient (Wildman–Crippen LogP) is 5.26. The van der Waals surface area contributed by atoms with Crippen LogP contribution in [0.2, 0.25) is 0 Å². The van der Waals surface area contributed by atoms with Gasteiger partial charge in [-0.3, -0.25) is 0 Å². The first-order valence-corrected chi connectivity index (χ1v) is 9.50. The average molecular weight is 416 g/mol. The average Bonchev–Trinajstić information content (AvgIpc) is 2.99. The molecule has 2 aromatic rings. The minimum Gasteiger partial charge on any atom is -0.453 e. The lowest BCUT2D eigenvalue weighted by atomic mass is 9.76. The van der Waals surface area contributed by atoms with Gasteiger partial charge in [0.2, 0.25) is 0 Å². The van der Waals surface area contributed by atoms with Gasteiger partial charge in [-0.05, 0) is 67.6 Å². The van der Waals surface area contributed by atoms with E-state index in [1.165, 1.54) is 12.1 Å². The van der Waals surface area contributed by atoms with Crippen molar-refractivity contribution in [3.8, 4) is 5.75 Å². The zero-order valence-corrected chi connectivity index (χ0v) is 16.4. The van der Waals surface area contributed by atoms with Crippen molar-refractivity contribution in [3.63, 3.8) is 0 Å². The van der Waals surface area contributed by atoms with Gasteiger partial charge in [-0.15, -0.1) is 0 Å². The molecule has 30 heavy (non-hydrogen) atoms. The maximum atomic E-state index is 13.0. The number of halogens is 3. The molecule has 7 heteroatoms. The van der Waals surface area contributed by atoms with Crippen molar-refractivity contribution in [1.82, 2.24) is 0 Å². The molecule has 0 spiro atoms. The third-order valence-corrected chi connectivity index (χ3v) is 5.85. The first-order chi connectivity index (χ1) is 14.1. The largest absolute Gasteiger partial charge is 0.453 e. The van der Waals surface area contributed by atoms with Gasteiger partial charge in [0, 0.05) is 17.1 Å². The van der Waals surface area contributed by atoms with Gasteiger partial charge in [0.25, 0.3) is 0 Å². The van der Waals surface area contributed by atoms with Crippen LogP contribution in [0.5, 0.6) is 5.75 Å². The number of carbonyl (C=O) groups excluding carboxylic acids is 2. The summed E-state index contributed by atoms with van der Waals surface area (Å²) in [4.78, 5) is 24.6. The molecule has 1 fully saturated rings. The third-order valence-electron chi connectivity index (χ3n) is 5.85. The topological polar surface area (TPSA) is 52.6 Å². The zero-order chi connectivity index (χ0) is 21.8. The van der Waals surface area contributed by atoms with Crippen LogP contribution >= 0.6 is 0 Å². The van der Waals surface area contributed by atoms with E-state index in [1.807, 2.05) is 6.92 Å². The van der Waals surface area contributed by atoms with Crippen molar-refractivity contribution in [2.45, 2.75) is 39.0 Å². The van der Waals surface area contributed by atoms with Crippen LogP contribution in [0.4, 0.5) is 13.2 Å². The number of carbonyl (C=O) groups is 2. The molecule has 0 bridgehead atoms. The molecular formula is C23H19F3O4. The Kier molecular flexibility index (Phi) is 4.71. The van der Waals surface area contributed by atoms with Gasteiger partial charge < -0.3 is 9.47 Å². The van der Waals surface area contributed by atoms with Crippen molar-refractivity contribution in [1.29, 1.82) is 0 Å². The molecule has 4 nitrogen and oxygen atoms in total. The van der Waals surface area contributed by atoms with E-state index in [2.05, 4.69) is 6.58 Å². The second-order valence-corrected chi connectivity index (χ2v) is 7.67. The van der Waals surface area contributed by atoms with Crippen LogP contribution in [0.15, 0.2) is 42.5 Å². The summed E-state index contributed by atoms with van der Waals surface area (Å²) >= 11 is 0. The third kappa shape index (κ3) is 3.28. The molecule has 156 valence electrons. The molecule has 1 aliphatic carbocycles. The SMILES string of the molecule is C=C1C(=O)OC2c3c(C)c(OC(=O)c4cccc(C(F)(F)F)c4)cc(C)c3CCC12. The highest BCUT2D eigenvalue weighted by molar-refractivity contribution is 5.92. The van der Waals surface area contributed by atoms with E-state index in [0.29, 0.717) is 11.1 Å². The summed E-state index contributed by atoms with van der Waals surface area (Å²) in [6, 6.07) is 5.80. The summed E-state index contributed by atoms with van der Waals surface area (Å²) in [6.07, 6.45) is -3.56. The highest BCUT2D eigenvalue weighted by Crippen LogP contribution is 2.49. The van der Waals surface area contributed by atoms with Crippen LogP contribution in [-0.4, -0.2) is 11.9 Å². The van der Waals surface area contributed by atoms with Crippen molar-refractivity contribution < 1.29 is 32.2 Å². The Labute approximate surface area is 171 Å². The van der Waals surface area contributed by atoms with Gasteiger partial charge in [0.05, 0.1) is 11.1 Å². The van der Waals surface area contributed by atoms with Crippen LogP contribution in [0, 0.1) is 19.8 Å². The molecule has 1 aliphatic heterocycles. The van der Waals surface area contributed by atoms with Crippen molar-refractivity contribution >= 4 is 11.9 Å². The van der Waals surface area contributed by atoms with Crippen molar-refractivity contribution in [2.24, 2.45) is 5.92 Å². The van der Waals surface area contributed by atoms with E-state index in [4.69, 9.17) is 9.47 Å². The van der Waals surface area contributed by atoms with E-state index >= 15 is 0 Å². The summed E-state index contributed by atoms with van der Waals surface area (Å²) in [6.45, 7) is 7.45. The first kappa shape index (κ1) is 20.2. The summed E-state index contributed by atoms with van der Waals surface area (Å²) in [5.41, 5.74) is 2.66. The minimum absolute atomic E-state index is 0.127. The van der Waals surface area contributed by atoms with E-state index in [1.54, 1.807) is 13.0 Å². The smallest absolute Gasteiger partial charge is 0.416 e. The fourth-order valence-corrected chi connectivity index (χ4v) is 4.26. The van der Waals surface area contributed by atoms with Gasteiger partial charge >= 0.3 is 18.1 Å². The number of aryl methyl sites for hydroxylation is 1. The molecule has 0 N–H and O–H groups in total. The monoisotopic (exact) mass is 416 g/mol. The fraction of sp³-hybridized carbons (Fsp3) is 0.304. The zero-order valence-electron chi connectivity index (χ0n) is 16.4. The van der Waals surface area contributed by atoms with Crippen LogP contribution in [-0.2, 0) is 22.1 Å². The van der Waals surface area contributed by atoms with E-state index in [9.17, 15) is 22.8 Å². The lowest BCUT2D eigenvalue weighted by molar-refractivity contribution is -0.140. The Balaban J connectivity index is 1.69. The highest BCUT2D eigenvalue weighted by atomic mass is 19.4. The van der Waals surface area contributed by atoms with E-state index in [-0.39, 0.29) is 17.2 Å². The normalized spacial score (nSPS) is 20.4. The van der Waals surface area contributed by atoms with Crippen LogP contribution in [0.1, 0.15) is 50.7 Å². The van der Waals surface area contributed by atoms with Gasteiger partial charge in [0.1, 0.15) is 11.9 Å². The fourth-order valence-electron chi connectivity index (χ4n) is 4.26. The second kappa shape index (κ2) is 7.00. The predicted molar refractivity (Wildman–Crippen MR) is 102 cm³/mol. The molecule has 2 unspecified atom stereocenters. The maximum Gasteiger partial charge on any atom is 0.416 e. The van der Waals surface area contributed by atoms with Gasteiger partial charge in [-0.1, -0.05) is 12.6 Å². The van der Waals surface area contributed by atoms with Crippen LogP contribution in [0.3, 0.4) is 0 Å². The highest BCUT2D eigenvalue weighted by Gasteiger charge is 2.44. The van der Waals surface area contributed by atoms with E-state index < -0.39 is 29.8 Å². The summed E-state index contributed by atoms with van der Waals surface area (Å²) < 4.78 is 49.9. The number of benzene rings is 2. The lowest BCUT2D eigenvalue weighted by Gasteiger charge is -2.30. The number of fused-ring (bicyclic) bond motifs is 3. The molecule has 2 aromatic carbocycles. The second-order valence-electron chi connectivity index (χ2n) is 7.67. The number of esters is 2. The molecular weight excluding hydrogens is 397 g/mol. The molecule has 0 aromatic heterocycles.